The van der Waals surface area contributed by atoms with E-state index in [4.69, 9.17) is 10.7 Å². The molecule has 0 heterocycles. The van der Waals surface area contributed by atoms with Crippen LogP contribution < -0.4 is 5.32 Å². The summed E-state index contributed by atoms with van der Waals surface area (Å²) in [6, 6.07) is 4.25. The molecule has 2 rings (SSSR count). The Balaban J connectivity index is 2.14. The first-order valence-electron chi connectivity index (χ1n) is 6.79. The molecular formula is C14H17BrClNO3S. The lowest BCUT2D eigenvalue weighted by Gasteiger charge is -2.41. The third kappa shape index (κ3) is 3.99. The van der Waals surface area contributed by atoms with Crippen molar-refractivity contribution in [2.75, 3.05) is 6.54 Å². The second-order valence-electron chi connectivity index (χ2n) is 5.50. The van der Waals surface area contributed by atoms with E-state index in [0.717, 1.165) is 19.3 Å². The number of hydrogen-bond acceptors (Lipinski definition) is 3. The third-order valence-corrected chi connectivity index (χ3v) is 5.99. The van der Waals surface area contributed by atoms with Gasteiger partial charge < -0.3 is 5.32 Å². The van der Waals surface area contributed by atoms with Gasteiger partial charge in [-0.05, 0) is 42.9 Å². The van der Waals surface area contributed by atoms with Gasteiger partial charge in [0.2, 0.25) is 0 Å². The van der Waals surface area contributed by atoms with E-state index in [1.54, 1.807) is 6.07 Å². The number of hydrogen-bond donors (Lipinski definition) is 1. The maximum absolute atomic E-state index is 12.2. The van der Waals surface area contributed by atoms with Crippen molar-refractivity contribution in [3.8, 4) is 0 Å². The lowest BCUT2D eigenvalue weighted by Crippen LogP contribution is -2.41. The Kier molecular flexibility index (Phi) is 5.00. The van der Waals surface area contributed by atoms with E-state index in [9.17, 15) is 13.2 Å². The molecule has 1 saturated carbocycles. The predicted molar refractivity (Wildman–Crippen MR) is 86.1 cm³/mol. The number of carbonyl (C=O) groups is 1. The van der Waals surface area contributed by atoms with Crippen LogP contribution in [0.5, 0.6) is 0 Å². The molecule has 0 bridgehead atoms. The first-order chi connectivity index (χ1) is 9.76. The highest BCUT2D eigenvalue weighted by Crippen LogP contribution is 2.43. The van der Waals surface area contributed by atoms with Crippen LogP contribution in [0.2, 0.25) is 0 Å². The van der Waals surface area contributed by atoms with E-state index >= 15 is 0 Å². The van der Waals surface area contributed by atoms with Gasteiger partial charge >= 0.3 is 0 Å². The molecule has 1 aliphatic carbocycles. The van der Waals surface area contributed by atoms with Crippen molar-refractivity contribution in [1.82, 2.24) is 5.32 Å². The lowest BCUT2D eigenvalue weighted by molar-refractivity contribution is 0.0850. The molecule has 0 spiro atoms. The van der Waals surface area contributed by atoms with Gasteiger partial charge in [0.1, 0.15) is 0 Å². The molecule has 1 aliphatic rings. The van der Waals surface area contributed by atoms with Gasteiger partial charge in [-0.3, -0.25) is 4.79 Å². The van der Waals surface area contributed by atoms with Crippen molar-refractivity contribution >= 4 is 41.6 Å². The fraction of sp³-hybridized carbons (Fsp3) is 0.500. The Hall–Kier alpha value is -0.590. The van der Waals surface area contributed by atoms with Crippen LogP contribution >= 0.6 is 26.6 Å². The lowest BCUT2D eigenvalue weighted by atomic mass is 9.67. The summed E-state index contributed by atoms with van der Waals surface area (Å²) in [7, 11) is 1.47. The molecule has 1 aromatic rings. The molecule has 0 atom stereocenters. The van der Waals surface area contributed by atoms with Crippen LogP contribution in [-0.2, 0) is 9.05 Å². The van der Waals surface area contributed by atoms with Crippen molar-refractivity contribution in [3.05, 3.63) is 28.2 Å². The molecule has 7 heteroatoms. The normalized spacial score (nSPS) is 17.1. The Morgan fingerprint density at radius 1 is 1.38 bits per heavy atom. The second-order valence-corrected chi connectivity index (χ2v) is 8.98. The molecule has 0 radical (unpaired) electrons. The van der Waals surface area contributed by atoms with Crippen molar-refractivity contribution in [2.45, 2.75) is 37.5 Å². The molecule has 0 saturated heterocycles. The van der Waals surface area contributed by atoms with Crippen molar-refractivity contribution in [2.24, 2.45) is 5.41 Å². The molecule has 1 N–H and O–H groups in total. The fourth-order valence-electron chi connectivity index (χ4n) is 2.54. The van der Waals surface area contributed by atoms with Crippen LogP contribution in [0.3, 0.4) is 0 Å². The molecule has 4 nitrogen and oxygen atoms in total. The zero-order valence-corrected chi connectivity index (χ0v) is 14.8. The number of halogens is 2. The van der Waals surface area contributed by atoms with Crippen molar-refractivity contribution in [1.29, 1.82) is 0 Å². The predicted octanol–water partition coefficient (Wildman–Crippen LogP) is 3.69. The smallest absolute Gasteiger partial charge is 0.261 e. The summed E-state index contributed by atoms with van der Waals surface area (Å²) in [6.07, 6.45) is 4.50. The van der Waals surface area contributed by atoms with Crippen LogP contribution in [0.4, 0.5) is 0 Å². The molecule has 1 fully saturated rings. The van der Waals surface area contributed by atoms with E-state index in [-0.39, 0.29) is 21.8 Å². The quantitative estimate of drug-likeness (QED) is 0.775. The van der Waals surface area contributed by atoms with Gasteiger partial charge in [0.25, 0.3) is 15.0 Å². The molecule has 1 amide bonds. The number of benzene rings is 1. The van der Waals surface area contributed by atoms with Gasteiger partial charge in [0.05, 0.1) is 4.90 Å². The minimum absolute atomic E-state index is 0.0856. The molecule has 21 heavy (non-hydrogen) atoms. The summed E-state index contributed by atoms with van der Waals surface area (Å²) < 4.78 is 23.3. The third-order valence-electron chi connectivity index (χ3n) is 4.20. The highest BCUT2D eigenvalue weighted by Gasteiger charge is 2.35. The van der Waals surface area contributed by atoms with Crippen LogP contribution in [0.25, 0.3) is 0 Å². The summed E-state index contributed by atoms with van der Waals surface area (Å²) >= 11 is 3.20. The number of carbonyl (C=O) groups excluding carboxylic acids is 1. The summed E-state index contributed by atoms with van der Waals surface area (Å²) in [5, 5.41) is 2.90. The molecule has 1 aromatic carbocycles. The van der Waals surface area contributed by atoms with Gasteiger partial charge in [-0.15, -0.1) is 0 Å². The van der Waals surface area contributed by atoms with Crippen molar-refractivity contribution < 1.29 is 13.2 Å². The molecule has 0 aliphatic heterocycles. The van der Waals surface area contributed by atoms with E-state index < -0.39 is 9.05 Å². The Bertz CT molecular complexity index is 651. The second kappa shape index (κ2) is 6.26. The molecular weight excluding hydrogens is 378 g/mol. The monoisotopic (exact) mass is 393 g/mol. The zero-order valence-electron chi connectivity index (χ0n) is 11.7. The molecule has 0 aromatic heterocycles. The number of rotatable bonds is 5. The maximum atomic E-state index is 12.2. The van der Waals surface area contributed by atoms with Crippen LogP contribution in [0.15, 0.2) is 27.6 Å². The van der Waals surface area contributed by atoms with Crippen LogP contribution in [-0.4, -0.2) is 20.9 Å². The van der Waals surface area contributed by atoms with E-state index in [1.165, 1.54) is 18.6 Å². The molecule has 116 valence electrons. The van der Waals surface area contributed by atoms with Crippen LogP contribution in [0.1, 0.15) is 43.0 Å². The Labute approximate surface area is 137 Å². The SMILES string of the molecule is CCC1(CNC(=O)c2cc(Br)cc(S(=O)(=O)Cl)c2)CCC1. The fourth-order valence-corrected chi connectivity index (χ4v) is 3.98. The summed E-state index contributed by atoms with van der Waals surface area (Å²) in [4.78, 5) is 12.1. The summed E-state index contributed by atoms with van der Waals surface area (Å²) in [5.74, 6) is -0.280. The van der Waals surface area contributed by atoms with E-state index in [2.05, 4.69) is 28.2 Å². The first kappa shape index (κ1) is 16.8. The van der Waals surface area contributed by atoms with Crippen LogP contribution in [0, 0.1) is 5.41 Å². The maximum Gasteiger partial charge on any atom is 0.261 e. The zero-order chi connectivity index (χ0) is 15.7. The highest BCUT2D eigenvalue weighted by molar-refractivity contribution is 9.10. The minimum Gasteiger partial charge on any atom is -0.351 e. The van der Waals surface area contributed by atoms with Gasteiger partial charge in [0, 0.05) is 27.3 Å². The summed E-state index contributed by atoms with van der Waals surface area (Å²) in [6.45, 7) is 2.75. The average molecular weight is 395 g/mol. The van der Waals surface area contributed by atoms with E-state index in [0.29, 0.717) is 11.0 Å². The number of nitrogens with one attached hydrogen (secondary N) is 1. The van der Waals surface area contributed by atoms with E-state index in [1.807, 2.05) is 0 Å². The van der Waals surface area contributed by atoms with Crippen molar-refractivity contribution in [3.63, 3.8) is 0 Å². The van der Waals surface area contributed by atoms with Gasteiger partial charge in [-0.1, -0.05) is 29.3 Å². The van der Waals surface area contributed by atoms with Gasteiger partial charge in [-0.25, -0.2) is 8.42 Å². The Morgan fingerprint density at radius 2 is 2.05 bits per heavy atom. The highest BCUT2D eigenvalue weighted by atomic mass is 79.9. The van der Waals surface area contributed by atoms with Gasteiger partial charge in [-0.2, -0.15) is 0 Å². The Morgan fingerprint density at radius 3 is 2.52 bits per heavy atom. The summed E-state index contributed by atoms with van der Waals surface area (Å²) in [5.41, 5.74) is 0.498. The van der Waals surface area contributed by atoms with Gasteiger partial charge in [0.15, 0.2) is 0 Å². The molecule has 0 unspecified atom stereocenters. The largest absolute Gasteiger partial charge is 0.351 e. The minimum atomic E-state index is -3.86. The first-order valence-corrected chi connectivity index (χ1v) is 9.89. The topological polar surface area (TPSA) is 63.2 Å². The number of amides is 1. The average Bonchev–Trinajstić information content (AvgIpc) is 2.36. The standard InChI is InChI=1S/C14H17BrClNO3S/c1-2-14(4-3-5-14)9-17-13(18)10-6-11(15)8-12(7-10)21(16,19)20/h6-8H,2-5,9H2,1H3,(H,17,18).